The van der Waals surface area contributed by atoms with Gasteiger partial charge in [0, 0.05) is 0 Å². The molecule has 0 atom stereocenters. The van der Waals surface area contributed by atoms with Gasteiger partial charge in [-0.1, -0.05) is 12.7 Å². The Hall–Kier alpha value is -0.860. The first-order chi connectivity index (χ1) is 6.39. The van der Waals surface area contributed by atoms with E-state index in [-0.39, 0.29) is 14.5 Å². The fourth-order valence-electron chi connectivity index (χ4n) is 0.411. The molecule has 0 aromatic rings. The maximum absolute atomic E-state index is 9.98. The molecule has 0 spiro atoms. The molecule has 0 fully saturated rings. The monoisotopic (exact) mass is 218 g/mol. The van der Waals surface area contributed by atoms with Crippen molar-refractivity contribution >= 4 is 13.8 Å². The van der Waals surface area contributed by atoms with Crippen LogP contribution in [0.1, 0.15) is 0 Å². The van der Waals surface area contributed by atoms with Gasteiger partial charge < -0.3 is 10.5 Å². The van der Waals surface area contributed by atoms with Crippen LogP contribution in [0.5, 0.6) is 0 Å². The Morgan fingerprint density at radius 3 is 2.43 bits per heavy atom. The van der Waals surface area contributed by atoms with E-state index in [1.54, 1.807) is 0 Å². The Kier molecular flexibility index (Phi) is 9.73. The van der Waals surface area contributed by atoms with E-state index in [0.717, 1.165) is 6.08 Å². The third-order valence-electron chi connectivity index (χ3n) is 1.16. The number of nitrogens with zero attached hydrogens (tertiary/aromatic N) is 1. The van der Waals surface area contributed by atoms with Gasteiger partial charge in [0.05, 0.1) is 0 Å². The zero-order valence-electron chi connectivity index (χ0n) is 8.36. The van der Waals surface area contributed by atoms with E-state index in [1.165, 1.54) is 0 Å². The van der Waals surface area contributed by atoms with Gasteiger partial charge in [0.25, 0.3) is 0 Å². The number of hydrogen-bond acceptors (Lipinski definition) is 4. The van der Waals surface area contributed by atoms with Crippen LogP contribution in [0.3, 0.4) is 0 Å². The molecule has 0 bridgehead atoms. The minimum absolute atomic E-state index is 0.0928. The zero-order chi connectivity index (χ0) is 11.6. The topological polar surface area (TPSA) is 84.2 Å². The molecular weight excluding hydrogens is 203 g/mol. The number of rotatable bonds is 3. The van der Waals surface area contributed by atoms with Gasteiger partial charge in [0.1, 0.15) is 0 Å². The van der Waals surface area contributed by atoms with E-state index >= 15 is 0 Å². The maximum atomic E-state index is 9.98. The van der Waals surface area contributed by atoms with Gasteiger partial charge in [-0.05, 0) is 5.90 Å². The Morgan fingerprint density at radius 2 is 2.21 bits per heavy atom. The second kappa shape index (κ2) is 8.73. The van der Waals surface area contributed by atoms with Crippen molar-refractivity contribution in [2.45, 2.75) is 0 Å². The molecule has 0 saturated heterocycles. The van der Waals surface area contributed by atoms with Crippen LogP contribution in [0, 0.1) is 11.2 Å². The molecule has 0 saturated carbocycles. The van der Waals surface area contributed by atoms with Crippen LogP contribution in [0.25, 0.3) is 0 Å². The first-order valence-corrected chi connectivity index (χ1v) is 4.62. The fourth-order valence-corrected chi connectivity index (χ4v) is 0.732. The second-order valence-corrected chi connectivity index (χ2v) is 3.27. The molecule has 80 valence electrons. The van der Waals surface area contributed by atoms with E-state index in [0.29, 0.717) is 11.0 Å². The summed E-state index contributed by atoms with van der Waals surface area (Å²) in [6, 6.07) is 0. The van der Waals surface area contributed by atoms with Crippen molar-refractivity contribution < 1.29 is 19.3 Å². The summed E-state index contributed by atoms with van der Waals surface area (Å²) in [6.07, 6.45) is 0.944. The van der Waals surface area contributed by atoms with E-state index < -0.39 is 5.90 Å². The van der Waals surface area contributed by atoms with Crippen LogP contribution >= 0.6 is 7.92 Å². The molecule has 6 heteroatoms. The van der Waals surface area contributed by atoms with Gasteiger partial charge in [0.2, 0.25) is 0 Å². The van der Waals surface area contributed by atoms with Crippen molar-refractivity contribution in [2.75, 3.05) is 27.2 Å². The molecule has 0 unspecified atom stereocenters. The molecule has 0 aromatic carbocycles. The van der Waals surface area contributed by atoms with Gasteiger partial charge in [0.15, 0.2) is 0 Å². The standard InChI is InChI=1S/C5H11NO2P.C3H5NO/c1-6(2,3-4-7)5-9-8;1-2-3(4)5/h7H,3-4H2,1-2H3;2H,1H2,(H2,4,5)/q+1;/p-1. The van der Waals surface area contributed by atoms with Crippen molar-refractivity contribution in [3.8, 4) is 5.75 Å². The number of hydrogen-bond donors (Lipinski definition) is 2. The number of quaternary nitrogens is 1. The summed E-state index contributed by atoms with van der Waals surface area (Å²) in [5.41, 5.74) is 0. The minimum atomic E-state index is -0.731. The molecule has 0 heterocycles. The first-order valence-electron chi connectivity index (χ1n) is 3.81. The van der Waals surface area contributed by atoms with Crippen molar-refractivity contribution in [1.29, 1.82) is 5.41 Å². The van der Waals surface area contributed by atoms with Gasteiger partial charge in [-0.3, -0.25) is 0 Å². The van der Waals surface area contributed by atoms with Crippen LogP contribution in [0.4, 0.5) is 0 Å². The Balaban J connectivity index is 0. The molecule has 0 rings (SSSR count). The average Bonchev–Trinajstić information content (AvgIpc) is 2.05. The second-order valence-electron chi connectivity index (χ2n) is 2.89. The van der Waals surface area contributed by atoms with E-state index in [2.05, 4.69) is 12.3 Å². The van der Waals surface area contributed by atoms with Gasteiger partial charge in [-0.15, -0.1) is 0 Å². The average molecular weight is 218 g/mol. The Labute approximate surface area is 84.9 Å². The number of likely N-dealkylation sites (N-methyl/N-ethyl adjacent to an activating group) is 1. The Bertz CT molecular complexity index is 282. The van der Waals surface area contributed by atoms with E-state index in [1.807, 2.05) is 14.1 Å². The van der Waals surface area contributed by atoms with Crippen molar-refractivity contribution in [3.63, 3.8) is 0 Å². The van der Waals surface area contributed by atoms with Crippen LogP contribution in [0.15, 0.2) is 12.7 Å². The predicted octanol–water partition coefficient (Wildman–Crippen LogP) is -0.227. The molecule has 14 heavy (non-hydrogen) atoms. The summed E-state index contributed by atoms with van der Waals surface area (Å²) in [5.74, 6) is 1.89. The van der Waals surface area contributed by atoms with Gasteiger partial charge >= 0.3 is 55.1 Å². The third kappa shape index (κ3) is 13.7. The van der Waals surface area contributed by atoms with E-state index in [9.17, 15) is 9.67 Å². The fraction of sp³-hybridized carbons (Fsp3) is 0.500. The summed E-state index contributed by atoms with van der Waals surface area (Å²) in [4.78, 5) is 0. The summed E-state index contributed by atoms with van der Waals surface area (Å²) in [6.45, 7) is 3.67. The summed E-state index contributed by atoms with van der Waals surface area (Å²) >= 11 is 0. The summed E-state index contributed by atoms with van der Waals surface area (Å²) < 4.78 is 10.3. The summed E-state index contributed by atoms with van der Waals surface area (Å²) in [7, 11) is 3.54. The third-order valence-corrected chi connectivity index (χ3v) is 1.78. The summed E-state index contributed by atoms with van der Waals surface area (Å²) in [5, 5.41) is 23.9. The normalized spacial score (nSPS) is 9.07. The molecule has 0 aliphatic heterocycles. The van der Waals surface area contributed by atoms with Gasteiger partial charge in [-0.25, -0.2) is 0 Å². The first kappa shape index (κ1) is 15.6. The molecule has 0 aliphatic rings. The van der Waals surface area contributed by atoms with Crippen LogP contribution in [-0.2, 0) is 4.57 Å². The van der Waals surface area contributed by atoms with Gasteiger partial charge in [-0.2, -0.15) is 0 Å². The van der Waals surface area contributed by atoms with Crippen LogP contribution < -0.4 is 5.11 Å². The molecule has 0 aliphatic carbocycles. The number of aliphatic hydroxyl groups excluding tert-OH is 1. The van der Waals surface area contributed by atoms with Crippen LogP contribution in [-0.4, -0.2) is 42.7 Å². The number of aliphatic hydroxyl groups is 1. The van der Waals surface area contributed by atoms with Crippen molar-refractivity contribution in [1.82, 2.24) is 0 Å². The molecule has 0 amide bonds. The molecule has 5 nitrogen and oxygen atoms in total. The van der Waals surface area contributed by atoms with E-state index in [4.69, 9.17) is 10.5 Å². The molecular formula is C8H15N2O3P. The van der Waals surface area contributed by atoms with Crippen molar-refractivity contribution in [2.24, 2.45) is 0 Å². The molecule has 0 radical (unpaired) electrons. The van der Waals surface area contributed by atoms with Crippen molar-refractivity contribution in [3.05, 3.63) is 12.7 Å². The SMILES string of the molecule is C=CC(=N)[O-].C[N+](C)(C#P=O)CCO. The molecule has 2 N–H and O–H groups in total. The predicted molar refractivity (Wildman–Crippen MR) is 53.5 cm³/mol. The Morgan fingerprint density at radius 1 is 1.79 bits per heavy atom. The molecule has 0 aromatic heterocycles. The zero-order valence-corrected chi connectivity index (χ0v) is 9.25. The quantitative estimate of drug-likeness (QED) is 0.297. The number of nitrogens with one attached hydrogen (secondary N) is 1. The van der Waals surface area contributed by atoms with Crippen LogP contribution in [0.2, 0.25) is 0 Å².